The van der Waals surface area contributed by atoms with Crippen molar-refractivity contribution in [3.05, 3.63) is 63.1 Å². The van der Waals surface area contributed by atoms with Gasteiger partial charge in [0.1, 0.15) is 29.0 Å². The van der Waals surface area contributed by atoms with E-state index in [0.717, 1.165) is 25.0 Å². The van der Waals surface area contributed by atoms with Gasteiger partial charge in [-0.3, -0.25) is 14.5 Å². The van der Waals surface area contributed by atoms with Crippen LogP contribution in [0.15, 0.2) is 29.1 Å². The third-order valence-corrected chi connectivity index (χ3v) is 6.76. The molecule has 1 unspecified atom stereocenters. The number of halogens is 2. The number of aromatic nitrogens is 1. The molecule has 1 saturated heterocycles. The van der Waals surface area contributed by atoms with E-state index in [4.69, 9.17) is 9.47 Å². The van der Waals surface area contributed by atoms with E-state index in [1.165, 1.54) is 35.8 Å². The average molecular weight is 490 g/mol. The Labute approximate surface area is 202 Å². The molecule has 2 aliphatic heterocycles. The molecule has 1 aromatic heterocycles. The molecule has 0 bridgehead atoms. The van der Waals surface area contributed by atoms with Gasteiger partial charge in [-0.05, 0) is 37.5 Å². The summed E-state index contributed by atoms with van der Waals surface area (Å²) < 4.78 is 39.7. The van der Waals surface area contributed by atoms with Crippen LogP contribution in [0.1, 0.15) is 40.9 Å². The van der Waals surface area contributed by atoms with Crippen molar-refractivity contribution in [2.75, 3.05) is 33.9 Å². The van der Waals surface area contributed by atoms with Crippen LogP contribution in [0.5, 0.6) is 5.75 Å². The molecule has 1 amide bonds. The maximum atomic E-state index is 14.2. The zero-order chi connectivity index (χ0) is 25.1. The average Bonchev–Trinajstić information content (AvgIpc) is 3.08. The van der Waals surface area contributed by atoms with Gasteiger partial charge in [-0.2, -0.15) is 0 Å². The van der Waals surface area contributed by atoms with E-state index in [-0.39, 0.29) is 41.4 Å². The van der Waals surface area contributed by atoms with Gasteiger partial charge >= 0.3 is 5.97 Å². The first-order valence-electron chi connectivity index (χ1n) is 11.7. The van der Waals surface area contributed by atoms with Crippen LogP contribution in [0.3, 0.4) is 0 Å². The van der Waals surface area contributed by atoms with Crippen molar-refractivity contribution in [3.63, 3.8) is 0 Å². The van der Waals surface area contributed by atoms with Gasteiger partial charge in [-0.15, -0.1) is 0 Å². The molecular formula is C25H29F2N3O5. The predicted octanol–water partition coefficient (Wildman–Crippen LogP) is 2.36. The summed E-state index contributed by atoms with van der Waals surface area (Å²) in [7, 11) is 2.69. The number of esters is 1. The van der Waals surface area contributed by atoms with E-state index in [9.17, 15) is 23.2 Å². The normalized spacial score (nSPS) is 18.5. The predicted molar refractivity (Wildman–Crippen MR) is 123 cm³/mol. The number of benzene rings is 1. The number of piperidine rings is 1. The molecule has 0 saturated carbocycles. The lowest BCUT2D eigenvalue weighted by atomic mass is 9.99. The molecule has 8 nitrogen and oxygen atoms in total. The fraction of sp³-hybridized carbons (Fsp3) is 0.480. The molecule has 10 heteroatoms. The van der Waals surface area contributed by atoms with Gasteiger partial charge in [0.05, 0.1) is 14.2 Å². The smallest absolute Gasteiger partial charge is 0.328 e. The number of amides is 1. The second kappa shape index (κ2) is 10.6. The number of carbonyl (C=O) groups is 2. The van der Waals surface area contributed by atoms with Crippen LogP contribution in [-0.4, -0.2) is 66.1 Å². The molecule has 1 fully saturated rings. The van der Waals surface area contributed by atoms with Crippen LogP contribution in [0.2, 0.25) is 0 Å². The highest BCUT2D eigenvalue weighted by molar-refractivity contribution is 6.00. The lowest BCUT2D eigenvalue weighted by Gasteiger charge is -2.34. The number of likely N-dealkylation sites (tertiary alicyclic amines) is 1. The molecule has 0 aliphatic carbocycles. The van der Waals surface area contributed by atoms with Crippen molar-refractivity contribution in [2.45, 2.75) is 44.8 Å². The van der Waals surface area contributed by atoms with E-state index >= 15 is 0 Å². The lowest BCUT2D eigenvalue weighted by Crippen LogP contribution is -2.49. The minimum atomic E-state index is -0.697. The second-order valence-electron chi connectivity index (χ2n) is 8.82. The first kappa shape index (κ1) is 24.8. The molecule has 2 aliphatic rings. The van der Waals surface area contributed by atoms with Crippen molar-refractivity contribution >= 4 is 11.9 Å². The Morgan fingerprint density at radius 3 is 2.60 bits per heavy atom. The van der Waals surface area contributed by atoms with Gasteiger partial charge in [0, 0.05) is 56.5 Å². The van der Waals surface area contributed by atoms with Gasteiger partial charge in [0.15, 0.2) is 0 Å². The van der Waals surface area contributed by atoms with Crippen molar-refractivity contribution in [1.29, 1.82) is 0 Å². The van der Waals surface area contributed by atoms with Crippen LogP contribution < -0.4 is 10.3 Å². The summed E-state index contributed by atoms with van der Waals surface area (Å²) in [5.74, 6) is -1.72. The summed E-state index contributed by atoms with van der Waals surface area (Å²) in [5, 5.41) is 0. The monoisotopic (exact) mass is 489 g/mol. The topological polar surface area (TPSA) is 81.1 Å². The molecule has 4 rings (SSSR count). The zero-order valence-electron chi connectivity index (χ0n) is 19.9. The van der Waals surface area contributed by atoms with Crippen LogP contribution >= 0.6 is 0 Å². The second-order valence-corrected chi connectivity index (χ2v) is 8.82. The maximum absolute atomic E-state index is 14.2. The van der Waals surface area contributed by atoms with Crippen molar-refractivity contribution in [1.82, 2.24) is 14.4 Å². The number of carbonyl (C=O) groups excluding carboxylic acids is 2. The number of methoxy groups -OCH3 is 2. The molecule has 0 spiro atoms. The summed E-state index contributed by atoms with van der Waals surface area (Å²) in [5.41, 5.74) is 0.680. The standard InChI is InChI=1S/C25H29F2N3O5/c1-34-21-14-22(31)29-12-11-28(15-16-13-17(26)6-7-18(16)27)10-8-19(29)23(21)24(32)30-9-4-3-5-20(30)25(33)35-2/h6-7,13-14,20H,3-5,8-12,15H2,1-2H3. The first-order chi connectivity index (χ1) is 16.8. The molecule has 2 aromatic rings. The molecule has 0 radical (unpaired) electrons. The Balaban J connectivity index is 1.67. The zero-order valence-corrected chi connectivity index (χ0v) is 19.9. The molecular weight excluding hydrogens is 460 g/mol. The lowest BCUT2D eigenvalue weighted by molar-refractivity contribution is -0.147. The summed E-state index contributed by atoms with van der Waals surface area (Å²) in [6.07, 6.45) is 2.38. The number of hydrogen-bond acceptors (Lipinski definition) is 6. The highest BCUT2D eigenvalue weighted by atomic mass is 19.1. The molecule has 35 heavy (non-hydrogen) atoms. The third kappa shape index (κ3) is 5.07. The third-order valence-electron chi connectivity index (χ3n) is 6.76. The number of pyridine rings is 1. The summed E-state index contributed by atoms with van der Waals surface area (Å²) in [4.78, 5) is 42.5. The van der Waals surface area contributed by atoms with Crippen LogP contribution in [0, 0.1) is 11.6 Å². The first-order valence-corrected chi connectivity index (χ1v) is 11.7. The van der Waals surface area contributed by atoms with E-state index in [2.05, 4.69) is 0 Å². The highest BCUT2D eigenvalue weighted by Gasteiger charge is 2.36. The highest BCUT2D eigenvalue weighted by Crippen LogP contribution is 2.28. The van der Waals surface area contributed by atoms with E-state index in [1.807, 2.05) is 4.90 Å². The molecule has 1 aromatic carbocycles. The summed E-state index contributed by atoms with van der Waals surface area (Å²) >= 11 is 0. The molecule has 3 heterocycles. The Bertz CT molecular complexity index is 1180. The van der Waals surface area contributed by atoms with E-state index < -0.39 is 23.6 Å². The van der Waals surface area contributed by atoms with Crippen LogP contribution in [0.25, 0.3) is 0 Å². The minimum Gasteiger partial charge on any atom is -0.496 e. The molecule has 188 valence electrons. The van der Waals surface area contributed by atoms with Gasteiger partial charge in [0.25, 0.3) is 11.5 Å². The molecule has 1 atom stereocenters. The number of hydrogen-bond donors (Lipinski definition) is 0. The SMILES string of the molecule is COC(=O)C1CCCCN1C(=O)c1c(OC)cc(=O)n2c1CCN(Cc1cc(F)ccc1F)CC2. The van der Waals surface area contributed by atoms with Crippen molar-refractivity contribution in [3.8, 4) is 5.75 Å². The van der Waals surface area contributed by atoms with E-state index in [1.54, 1.807) is 0 Å². The van der Waals surface area contributed by atoms with Gasteiger partial charge in [-0.1, -0.05) is 0 Å². The molecule has 0 N–H and O–H groups in total. The Kier molecular flexibility index (Phi) is 7.49. The van der Waals surface area contributed by atoms with Crippen molar-refractivity contribution in [2.24, 2.45) is 0 Å². The van der Waals surface area contributed by atoms with Crippen LogP contribution in [-0.2, 0) is 29.0 Å². The van der Waals surface area contributed by atoms with E-state index in [0.29, 0.717) is 38.2 Å². The van der Waals surface area contributed by atoms with Gasteiger partial charge < -0.3 is 18.9 Å². The Morgan fingerprint density at radius 1 is 1.06 bits per heavy atom. The Morgan fingerprint density at radius 2 is 1.86 bits per heavy atom. The number of nitrogens with zero attached hydrogens (tertiary/aromatic N) is 3. The largest absolute Gasteiger partial charge is 0.496 e. The summed E-state index contributed by atoms with van der Waals surface area (Å²) in [6, 6.07) is 3.93. The quantitative estimate of drug-likeness (QED) is 0.600. The number of ether oxygens (including phenoxy) is 2. The number of rotatable bonds is 5. The van der Waals surface area contributed by atoms with Crippen LogP contribution in [0.4, 0.5) is 8.78 Å². The number of fused-ring (bicyclic) bond motifs is 1. The summed E-state index contributed by atoms with van der Waals surface area (Å²) in [6.45, 7) is 1.67. The van der Waals surface area contributed by atoms with Gasteiger partial charge in [0.2, 0.25) is 0 Å². The Hall–Kier alpha value is -3.27. The van der Waals surface area contributed by atoms with Gasteiger partial charge in [-0.25, -0.2) is 13.6 Å². The van der Waals surface area contributed by atoms with Crippen molar-refractivity contribution < 1.29 is 27.8 Å². The fourth-order valence-corrected chi connectivity index (χ4v) is 4.95. The minimum absolute atomic E-state index is 0.157. The fourth-order valence-electron chi connectivity index (χ4n) is 4.95. The maximum Gasteiger partial charge on any atom is 0.328 e.